The van der Waals surface area contributed by atoms with Gasteiger partial charge in [0.2, 0.25) is 0 Å². The van der Waals surface area contributed by atoms with Crippen molar-refractivity contribution in [2.45, 2.75) is 20.4 Å². The zero-order valence-electron chi connectivity index (χ0n) is 10.8. The molecule has 0 unspecified atom stereocenters. The molecule has 0 aliphatic heterocycles. The van der Waals surface area contributed by atoms with Crippen molar-refractivity contribution in [1.29, 1.82) is 0 Å². The number of aryl methyl sites for hydroxylation is 1. The van der Waals surface area contributed by atoms with Crippen molar-refractivity contribution in [2.75, 3.05) is 11.9 Å². The number of fused-ring (bicyclic) bond motifs is 1. The Morgan fingerprint density at radius 1 is 1.32 bits per heavy atom. The largest absolute Gasteiger partial charge is 0.368 e. The normalized spacial score (nSPS) is 11.1. The lowest BCUT2D eigenvalue weighted by molar-refractivity contribution is 0.607. The lowest BCUT2D eigenvalue weighted by atomic mass is 10.2. The molecule has 8 nitrogen and oxygen atoms in total. The third-order valence-electron chi connectivity index (χ3n) is 3.01. The molecule has 1 N–H and O–H groups in total. The lowest BCUT2D eigenvalue weighted by Gasteiger charge is -2.12. The second-order valence-corrected chi connectivity index (χ2v) is 4.24. The van der Waals surface area contributed by atoms with E-state index in [4.69, 9.17) is 0 Å². The maximum absolute atomic E-state index is 4.38. The summed E-state index contributed by atoms with van der Waals surface area (Å²) >= 11 is 0. The fraction of sp³-hybridized carbons (Fsp3) is 0.364. The molecule has 3 aromatic heterocycles. The Balaban J connectivity index is 1.83. The molecule has 8 heteroatoms. The summed E-state index contributed by atoms with van der Waals surface area (Å²) in [5.41, 5.74) is 2.01. The minimum atomic E-state index is 0.603. The summed E-state index contributed by atoms with van der Waals surface area (Å²) < 4.78 is 3.48. The van der Waals surface area contributed by atoms with Gasteiger partial charge < -0.3 is 5.32 Å². The van der Waals surface area contributed by atoms with Crippen LogP contribution in [0.1, 0.15) is 11.3 Å². The molecule has 0 bridgehead atoms. The van der Waals surface area contributed by atoms with Gasteiger partial charge in [-0.2, -0.15) is 14.6 Å². The van der Waals surface area contributed by atoms with Gasteiger partial charge in [-0.3, -0.25) is 4.68 Å². The first-order valence-corrected chi connectivity index (χ1v) is 6.00. The Bertz CT molecular complexity index is 684. The molecule has 3 rings (SSSR count). The molecule has 0 spiro atoms. The number of hydrogen-bond donors (Lipinski definition) is 1. The predicted molar refractivity (Wildman–Crippen MR) is 68.8 cm³/mol. The zero-order chi connectivity index (χ0) is 13.2. The van der Waals surface area contributed by atoms with Crippen LogP contribution < -0.4 is 5.32 Å². The van der Waals surface area contributed by atoms with E-state index >= 15 is 0 Å². The van der Waals surface area contributed by atoms with E-state index < -0.39 is 0 Å². The Hall–Kier alpha value is -2.51. The number of nitrogens with zero attached hydrogens (tertiary/aromatic N) is 7. The summed E-state index contributed by atoms with van der Waals surface area (Å²) in [4.78, 5) is 8.49. The van der Waals surface area contributed by atoms with E-state index in [2.05, 4.69) is 30.7 Å². The first-order valence-electron chi connectivity index (χ1n) is 6.00. The minimum absolute atomic E-state index is 0.603. The third-order valence-corrected chi connectivity index (χ3v) is 3.01. The van der Waals surface area contributed by atoms with E-state index in [9.17, 15) is 0 Å². The molecule has 0 atom stereocenters. The summed E-state index contributed by atoms with van der Waals surface area (Å²) in [6, 6.07) is 0. The van der Waals surface area contributed by atoms with E-state index in [1.54, 1.807) is 15.4 Å². The van der Waals surface area contributed by atoms with Crippen molar-refractivity contribution in [3.63, 3.8) is 0 Å². The summed E-state index contributed by atoms with van der Waals surface area (Å²) in [6.45, 7) is 5.44. The summed E-state index contributed by atoms with van der Waals surface area (Å²) in [6.07, 6.45) is 5.00. The molecule has 0 fully saturated rings. The van der Waals surface area contributed by atoms with E-state index in [0.29, 0.717) is 5.78 Å². The fourth-order valence-corrected chi connectivity index (χ4v) is 1.88. The van der Waals surface area contributed by atoms with Gasteiger partial charge in [0.25, 0.3) is 5.78 Å². The Morgan fingerprint density at radius 3 is 3.00 bits per heavy atom. The topological polar surface area (TPSA) is 85.8 Å². The van der Waals surface area contributed by atoms with Gasteiger partial charge in [-0.05, 0) is 13.8 Å². The molecular formula is C11H14N8. The highest BCUT2D eigenvalue weighted by Gasteiger charge is 2.10. The van der Waals surface area contributed by atoms with Gasteiger partial charge in [-0.25, -0.2) is 4.98 Å². The average Bonchev–Trinajstić information content (AvgIpc) is 3.04. The second-order valence-electron chi connectivity index (χ2n) is 4.24. The van der Waals surface area contributed by atoms with Gasteiger partial charge in [0.1, 0.15) is 12.1 Å². The molecular weight excluding hydrogens is 244 g/mol. The van der Waals surface area contributed by atoms with Crippen LogP contribution >= 0.6 is 0 Å². The molecule has 3 heterocycles. The molecule has 0 amide bonds. The number of anilines is 1. The molecule has 3 aromatic rings. The monoisotopic (exact) mass is 258 g/mol. The van der Waals surface area contributed by atoms with Gasteiger partial charge in [0.05, 0.1) is 12.7 Å². The highest BCUT2D eigenvalue weighted by molar-refractivity contribution is 5.51. The molecule has 0 aliphatic rings. The zero-order valence-corrected chi connectivity index (χ0v) is 10.8. The van der Waals surface area contributed by atoms with Crippen LogP contribution in [0, 0.1) is 13.8 Å². The number of rotatable bonds is 4. The third kappa shape index (κ3) is 2.12. The molecule has 0 aromatic carbocycles. The Morgan fingerprint density at radius 2 is 2.21 bits per heavy atom. The first kappa shape index (κ1) is 11.6. The van der Waals surface area contributed by atoms with Crippen molar-refractivity contribution < 1.29 is 0 Å². The van der Waals surface area contributed by atoms with Crippen LogP contribution in [-0.4, -0.2) is 41.1 Å². The average molecular weight is 258 g/mol. The van der Waals surface area contributed by atoms with Gasteiger partial charge in [-0.15, -0.1) is 5.10 Å². The van der Waals surface area contributed by atoms with Crippen LogP contribution in [-0.2, 0) is 6.54 Å². The van der Waals surface area contributed by atoms with E-state index in [1.807, 2.05) is 20.0 Å². The maximum Gasteiger partial charge on any atom is 0.254 e. The SMILES string of the molecule is Cc1nc2ncnn2c(NCCn2ccnn2)c1C. The van der Waals surface area contributed by atoms with E-state index in [0.717, 1.165) is 30.2 Å². The second kappa shape index (κ2) is 4.63. The standard InChI is InChI=1S/C11H14N8/c1-8-9(2)16-11-13-7-15-19(11)10(8)12-3-5-18-6-4-14-17-18/h4,6-7,12H,3,5H2,1-2H3. The van der Waals surface area contributed by atoms with Crippen molar-refractivity contribution in [2.24, 2.45) is 0 Å². The Kier molecular flexibility index (Phi) is 2.82. The van der Waals surface area contributed by atoms with E-state index in [1.165, 1.54) is 6.33 Å². The Labute approximate surface area is 109 Å². The fourth-order valence-electron chi connectivity index (χ4n) is 1.88. The highest BCUT2D eigenvalue weighted by Crippen LogP contribution is 2.17. The van der Waals surface area contributed by atoms with Crippen LogP contribution in [0.5, 0.6) is 0 Å². The molecule has 98 valence electrons. The smallest absolute Gasteiger partial charge is 0.254 e. The number of nitrogens with one attached hydrogen (secondary N) is 1. The van der Waals surface area contributed by atoms with E-state index in [-0.39, 0.29) is 0 Å². The quantitative estimate of drug-likeness (QED) is 0.731. The van der Waals surface area contributed by atoms with Crippen molar-refractivity contribution in [1.82, 2.24) is 34.6 Å². The highest BCUT2D eigenvalue weighted by atomic mass is 15.4. The van der Waals surface area contributed by atoms with Gasteiger partial charge in [0.15, 0.2) is 0 Å². The lowest BCUT2D eigenvalue weighted by Crippen LogP contribution is -2.15. The molecule has 0 saturated heterocycles. The van der Waals surface area contributed by atoms with Crippen molar-refractivity contribution >= 4 is 11.6 Å². The predicted octanol–water partition coefficient (Wildman–Crippen LogP) is 0.445. The summed E-state index contributed by atoms with van der Waals surface area (Å²) in [5, 5.41) is 15.2. The number of hydrogen-bond acceptors (Lipinski definition) is 6. The van der Waals surface area contributed by atoms with Gasteiger partial charge >= 0.3 is 0 Å². The van der Waals surface area contributed by atoms with Crippen molar-refractivity contribution in [3.8, 4) is 0 Å². The molecule has 0 aliphatic carbocycles. The van der Waals surface area contributed by atoms with Crippen LogP contribution in [0.25, 0.3) is 5.78 Å². The van der Waals surface area contributed by atoms with Gasteiger partial charge in [-0.1, -0.05) is 5.21 Å². The van der Waals surface area contributed by atoms with Crippen LogP contribution in [0.4, 0.5) is 5.82 Å². The summed E-state index contributed by atoms with van der Waals surface area (Å²) in [7, 11) is 0. The summed E-state index contributed by atoms with van der Waals surface area (Å²) in [5.74, 6) is 1.52. The molecule has 19 heavy (non-hydrogen) atoms. The van der Waals surface area contributed by atoms with Crippen LogP contribution in [0.3, 0.4) is 0 Å². The molecule has 0 radical (unpaired) electrons. The van der Waals surface area contributed by atoms with Crippen LogP contribution in [0.15, 0.2) is 18.7 Å². The number of aromatic nitrogens is 7. The molecule has 0 saturated carbocycles. The van der Waals surface area contributed by atoms with Crippen molar-refractivity contribution in [3.05, 3.63) is 30.0 Å². The van der Waals surface area contributed by atoms with Gasteiger partial charge in [0, 0.05) is 24.0 Å². The minimum Gasteiger partial charge on any atom is -0.368 e. The van der Waals surface area contributed by atoms with Crippen LogP contribution in [0.2, 0.25) is 0 Å². The first-order chi connectivity index (χ1) is 9.25. The maximum atomic E-state index is 4.38.